The van der Waals surface area contributed by atoms with E-state index in [1.165, 1.54) is 11.1 Å². The summed E-state index contributed by atoms with van der Waals surface area (Å²) in [6, 6.07) is 6.18. The Kier molecular flexibility index (Phi) is 3.25. The third kappa shape index (κ3) is 2.09. The van der Waals surface area contributed by atoms with E-state index in [1.807, 2.05) is 17.6 Å². The summed E-state index contributed by atoms with van der Waals surface area (Å²) in [5.74, 6) is 1.37. The summed E-state index contributed by atoms with van der Waals surface area (Å²) >= 11 is 1.67. The first-order valence-corrected chi connectivity index (χ1v) is 6.18. The fraction of sp³-hybridized carbons (Fsp3) is 0.308. The minimum atomic E-state index is 0.467. The van der Waals surface area contributed by atoms with Crippen LogP contribution in [0.4, 0.5) is 0 Å². The first kappa shape index (κ1) is 11.1. The molecule has 0 spiro atoms. The van der Waals surface area contributed by atoms with Gasteiger partial charge in [-0.25, -0.2) is 4.98 Å². The van der Waals surface area contributed by atoms with Crippen molar-refractivity contribution in [2.75, 3.05) is 7.11 Å². The van der Waals surface area contributed by atoms with Gasteiger partial charge in [-0.2, -0.15) is 0 Å². The predicted molar refractivity (Wildman–Crippen MR) is 68.2 cm³/mol. The lowest BCUT2D eigenvalue weighted by atomic mass is 9.97. The fourth-order valence-electron chi connectivity index (χ4n) is 1.70. The first-order chi connectivity index (χ1) is 7.72. The van der Waals surface area contributed by atoms with Crippen LogP contribution in [-0.4, -0.2) is 12.1 Å². The summed E-state index contributed by atoms with van der Waals surface area (Å²) in [5.41, 5.74) is 2.50. The molecule has 0 aliphatic heterocycles. The number of benzene rings is 1. The second-order valence-electron chi connectivity index (χ2n) is 3.95. The summed E-state index contributed by atoms with van der Waals surface area (Å²) in [6.07, 6.45) is 1.84. The third-order valence-corrected chi connectivity index (χ3v) is 3.35. The molecule has 3 heteroatoms. The van der Waals surface area contributed by atoms with Crippen molar-refractivity contribution >= 4 is 11.3 Å². The summed E-state index contributed by atoms with van der Waals surface area (Å²) < 4.78 is 5.26. The van der Waals surface area contributed by atoms with E-state index < -0.39 is 0 Å². The molecule has 1 aromatic carbocycles. The molecule has 0 unspecified atom stereocenters. The van der Waals surface area contributed by atoms with Crippen LogP contribution in [-0.2, 0) is 0 Å². The molecule has 0 amide bonds. The lowest BCUT2D eigenvalue weighted by molar-refractivity contribution is 0.414. The van der Waals surface area contributed by atoms with Crippen molar-refractivity contribution in [1.29, 1.82) is 0 Å². The molecule has 0 bridgehead atoms. The number of hydrogen-bond acceptors (Lipinski definition) is 3. The van der Waals surface area contributed by atoms with Gasteiger partial charge in [0.15, 0.2) is 0 Å². The molecule has 0 saturated carbocycles. The predicted octanol–water partition coefficient (Wildman–Crippen LogP) is 3.94. The number of nitrogens with zero attached hydrogens (tertiary/aromatic N) is 1. The monoisotopic (exact) mass is 233 g/mol. The number of hydrogen-bond donors (Lipinski definition) is 0. The number of rotatable bonds is 3. The van der Waals surface area contributed by atoms with Gasteiger partial charge < -0.3 is 4.74 Å². The zero-order valence-corrected chi connectivity index (χ0v) is 10.5. The Balaban J connectivity index is 2.53. The molecular formula is C13H15NOS. The number of aromatic nitrogens is 1. The lowest BCUT2D eigenvalue weighted by Crippen LogP contribution is -1.94. The van der Waals surface area contributed by atoms with Crippen molar-refractivity contribution < 1.29 is 4.74 Å². The van der Waals surface area contributed by atoms with E-state index >= 15 is 0 Å². The van der Waals surface area contributed by atoms with E-state index in [4.69, 9.17) is 4.74 Å². The average Bonchev–Trinajstić information content (AvgIpc) is 2.81. The Hall–Kier alpha value is -1.35. The van der Waals surface area contributed by atoms with Crippen LogP contribution in [0.2, 0.25) is 0 Å². The lowest BCUT2D eigenvalue weighted by Gasteiger charge is -2.12. The molecule has 0 aliphatic rings. The van der Waals surface area contributed by atoms with E-state index in [-0.39, 0.29) is 0 Å². The average molecular weight is 233 g/mol. The van der Waals surface area contributed by atoms with Crippen LogP contribution >= 0.6 is 11.3 Å². The number of thiazole rings is 1. The molecule has 16 heavy (non-hydrogen) atoms. The standard InChI is InChI=1S/C13H15NOS/c1-9(2)12-8-10(15-3)4-5-11(12)13-14-6-7-16-13/h4-9H,1-3H3. The molecule has 2 rings (SSSR count). The van der Waals surface area contributed by atoms with Crippen molar-refractivity contribution in [2.24, 2.45) is 0 Å². The highest BCUT2D eigenvalue weighted by Gasteiger charge is 2.11. The highest BCUT2D eigenvalue weighted by Crippen LogP contribution is 2.33. The molecule has 0 saturated heterocycles. The quantitative estimate of drug-likeness (QED) is 0.801. The molecule has 84 valence electrons. The molecule has 2 nitrogen and oxygen atoms in total. The molecule has 1 heterocycles. The molecule has 1 aromatic heterocycles. The maximum atomic E-state index is 5.26. The highest BCUT2D eigenvalue weighted by molar-refractivity contribution is 7.13. The Morgan fingerprint density at radius 2 is 2.12 bits per heavy atom. The first-order valence-electron chi connectivity index (χ1n) is 5.30. The molecule has 0 atom stereocenters. The molecule has 2 aromatic rings. The Morgan fingerprint density at radius 1 is 1.31 bits per heavy atom. The summed E-state index contributed by atoms with van der Waals surface area (Å²) in [4.78, 5) is 4.36. The Labute approximate surface area is 99.9 Å². The maximum Gasteiger partial charge on any atom is 0.123 e. The van der Waals surface area contributed by atoms with Crippen molar-refractivity contribution in [3.63, 3.8) is 0 Å². The highest BCUT2D eigenvalue weighted by atomic mass is 32.1. The summed E-state index contributed by atoms with van der Waals surface area (Å²) in [5, 5.41) is 3.08. The maximum absolute atomic E-state index is 5.26. The van der Waals surface area contributed by atoms with E-state index in [0.29, 0.717) is 5.92 Å². The van der Waals surface area contributed by atoms with Gasteiger partial charge in [-0.3, -0.25) is 0 Å². The minimum absolute atomic E-state index is 0.467. The van der Waals surface area contributed by atoms with Gasteiger partial charge >= 0.3 is 0 Å². The zero-order chi connectivity index (χ0) is 11.5. The fourth-order valence-corrected chi connectivity index (χ4v) is 2.38. The van der Waals surface area contributed by atoms with Gasteiger partial charge in [0, 0.05) is 17.1 Å². The molecule has 0 fully saturated rings. The largest absolute Gasteiger partial charge is 0.497 e. The van der Waals surface area contributed by atoms with Crippen molar-refractivity contribution in [1.82, 2.24) is 4.98 Å². The van der Waals surface area contributed by atoms with Crippen LogP contribution in [0.25, 0.3) is 10.6 Å². The minimum Gasteiger partial charge on any atom is -0.497 e. The third-order valence-electron chi connectivity index (χ3n) is 2.54. The van der Waals surface area contributed by atoms with Gasteiger partial charge in [0.2, 0.25) is 0 Å². The molecular weight excluding hydrogens is 218 g/mol. The Bertz CT molecular complexity index is 463. The number of ether oxygens (including phenoxy) is 1. The van der Waals surface area contributed by atoms with Crippen molar-refractivity contribution in [2.45, 2.75) is 19.8 Å². The normalized spacial score (nSPS) is 10.8. The van der Waals surface area contributed by atoms with Crippen LogP contribution in [0.1, 0.15) is 25.3 Å². The second-order valence-corrected chi connectivity index (χ2v) is 4.84. The summed E-state index contributed by atoms with van der Waals surface area (Å²) in [6.45, 7) is 4.37. The van der Waals surface area contributed by atoms with E-state index in [2.05, 4.69) is 31.0 Å². The van der Waals surface area contributed by atoms with Crippen LogP contribution in [0.15, 0.2) is 29.8 Å². The molecule has 0 aliphatic carbocycles. The van der Waals surface area contributed by atoms with Crippen molar-refractivity contribution in [3.8, 4) is 16.3 Å². The van der Waals surface area contributed by atoms with Gasteiger partial charge in [-0.05, 0) is 29.7 Å². The summed E-state index contributed by atoms with van der Waals surface area (Å²) in [7, 11) is 1.70. The van der Waals surface area contributed by atoms with E-state index in [0.717, 1.165) is 10.8 Å². The van der Waals surface area contributed by atoms with Crippen LogP contribution in [0.5, 0.6) is 5.75 Å². The van der Waals surface area contributed by atoms with Crippen LogP contribution in [0, 0.1) is 0 Å². The smallest absolute Gasteiger partial charge is 0.123 e. The number of methoxy groups -OCH3 is 1. The van der Waals surface area contributed by atoms with Gasteiger partial charge in [-0.1, -0.05) is 13.8 Å². The molecule has 0 radical (unpaired) electrons. The second kappa shape index (κ2) is 4.66. The van der Waals surface area contributed by atoms with Gasteiger partial charge in [0.05, 0.1) is 7.11 Å². The van der Waals surface area contributed by atoms with Gasteiger partial charge in [0.1, 0.15) is 10.8 Å². The zero-order valence-electron chi connectivity index (χ0n) is 9.73. The van der Waals surface area contributed by atoms with E-state index in [9.17, 15) is 0 Å². The molecule has 0 N–H and O–H groups in total. The van der Waals surface area contributed by atoms with Gasteiger partial charge in [-0.15, -0.1) is 11.3 Å². The van der Waals surface area contributed by atoms with Crippen molar-refractivity contribution in [3.05, 3.63) is 35.3 Å². The van der Waals surface area contributed by atoms with E-state index in [1.54, 1.807) is 18.4 Å². The van der Waals surface area contributed by atoms with Crippen LogP contribution < -0.4 is 4.74 Å². The van der Waals surface area contributed by atoms with Crippen LogP contribution in [0.3, 0.4) is 0 Å². The van der Waals surface area contributed by atoms with Gasteiger partial charge in [0.25, 0.3) is 0 Å². The topological polar surface area (TPSA) is 22.1 Å². The Morgan fingerprint density at radius 3 is 2.69 bits per heavy atom. The SMILES string of the molecule is COc1ccc(-c2nccs2)c(C(C)C)c1.